The lowest BCUT2D eigenvalue weighted by Crippen LogP contribution is -2.43. The van der Waals surface area contributed by atoms with Gasteiger partial charge >= 0.3 is 0 Å². The SMILES string of the molecule is CCn1c(N)cnc1CN1CCNCC1. The van der Waals surface area contributed by atoms with Crippen LogP contribution < -0.4 is 11.1 Å². The molecule has 1 saturated heterocycles. The molecule has 84 valence electrons. The lowest BCUT2D eigenvalue weighted by Gasteiger charge is -2.26. The summed E-state index contributed by atoms with van der Waals surface area (Å²) >= 11 is 0. The molecule has 3 N–H and O–H groups in total. The third-order valence-corrected chi connectivity index (χ3v) is 2.86. The summed E-state index contributed by atoms with van der Waals surface area (Å²) in [6.45, 7) is 8.23. The zero-order chi connectivity index (χ0) is 10.7. The predicted molar refractivity (Wildman–Crippen MR) is 60.5 cm³/mol. The van der Waals surface area contributed by atoms with Gasteiger partial charge in [0.2, 0.25) is 0 Å². The quantitative estimate of drug-likeness (QED) is 0.729. The summed E-state index contributed by atoms with van der Waals surface area (Å²) < 4.78 is 2.07. The Morgan fingerprint density at radius 2 is 2.20 bits per heavy atom. The van der Waals surface area contributed by atoms with Crippen LogP contribution in [-0.4, -0.2) is 40.6 Å². The number of rotatable bonds is 3. The van der Waals surface area contributed by atoms with Gasteiger partial charge in [-0.15, -0.1) is 0 Å². The van der Waals surface area contributed by atoms with E-state index in [0.717, 1.165) is 50.9 Å². The molecule has 0 spiro atoms. The molecule has 1 aliphatic rings. The Kier molecular flexibility index (Phi) is 3.23. The molecule has 15 heavy (non-hydrogen) atoms. The maximum atomic E-state index is 5.83. The Labute approximate surface area is 90.3 Å². The first-order chi connectivity index (χ1) is 7.31. The molecule has 2 heterocycles. The summed E-state index contributed by atoms with van der Waals surface area (Å²) in [6.07, 6.45) is 1.75. The van der Waals surface area contributed by atoms with Crippen molar-refractivity contribution >= 4 is 5.82 Å². The van der Waals surface area contributed by atoms with Crippen LogP contribution in [0.5, 0.6) is 0 Å². The monoisotopic (exact) mass is 209 g/mol. The molecular formula is C10H19N5. The highest BCUT2D eigenvalue weighted by Gasteiger charge is 2.13. The number of imidazole rings is 1. The summed E-state index contributed by atoms with van der Waals surface area (Å²) in [4.78, 5) is 6.76. The smallest absolute Gasteiger partial charge is 0.124 e. The molecule has 1 aliphatic heterocycles. The van der Waals surface area contributed by atoms with Crippen LogP contribution in [0.1, 0.15) is 12.7 Å². The van der Waals surface area contributed by atoms with Crippen molar-refractivity contribution in [3.8, 4) is 0 Å². The minimum atomic E-state index is 0.766. The lowest BCUT2D eigenvalue weighted by molar-refractivity contribution is 0.225. The van der Waals surface area contributed by atoms with Crippen LogP contribution in [0, 0.1) is 0 Å². The number of piperazine rings is 1. The standard InChI is InChI=1S/C10H19N5/c1-2-15-9(11)7-13-10(15)8-14-5-3-12-4-6-14/h7,12H,2-6,8,11H2,1H3. The van der Waals surface area contributed by atoms with E-state index < -0.39 is 0 Å². The van der Waals surface area contributed by atoms with Crippen LogP contribution in [0.4, 0.5) is 5.82 Å². The van der Waals surface area contributed by atoms with Gasteiger partial charge in [-0.3, -0.25) is 4.90 Å². The molecule has 0 saturated carbocycles. The number of nitrogens with one attached hydrogen (secondary N) is 1. The third-order valence-electron chi connectivity index (χ3n) is 2.86. The fourth-order valence-electron chi connectivity index (χ4n) is 1.99. The highest BCUT2D eigenvalue weighted by Crippen LogP contribution is 2.10. The number of aromatic nitrogens is 2. The van der Waals surface area contributed by atoms with E-state index in [2.05, 4.69) is 26.7 Å². The average Bonchev–Trinajstić information content (AvgIpc) is 2.61. The van der Waals surface area contributed by atoms with Gasteiger partial charge in [0, 0.05) is 32.7 Å². The van der Waals surface area contributed by atoms with Gasteiger partial charge in [0.05, 0.1) is 12.7 Å². The Balaban J connectivity index is 2.02. The first-order valence-corrected chi connectivity index (χ1v) is 5.54. The Hall–Kier alpha value is -1.07. The fraction of sp³-hybridized carbons (Fsp3) is 0.700. The second-order valence-corrected chi connectivity index (χ2v) is 3.87. The second kappa shape index (κ2) is 4.63. The predicted octanol–water partition coefficient (Wildman–Crippen LogP) is -0.110. The highest BCUT2D eigenvalue weighted by molar-refractivity contribution is 5.27. The molecule has 0 atom stereocenters. The number of hydrogen-bond acceptors (Lipinski definition) is 4. The molecule has 1 fully saturated rings. The van der Waals surface area contributed by atoms with Crippen LogP contribution in [-0.2, 0) is 13.1 Å². The topological polar surface area (TPSA) is 59.1 Å². The summed E-state index contributed by atoms with van der Waals surface area (Å²) in [5, 5.41) is 3.34. The molecule has 0 radical (unpaired) electrons. The van der Waals surface area contributed by atoms with E-state index in [1.807, 2.05) is 0 Å². The summed E-state index contributed by atoms with van der Waals surface area (Å²) in [5.41, 5.74) is 5.83. The van der Waals surface area contributed by atoms with Gasteiger partial charge in [-0.05, 0) is 6.92 Å². The zero-order valence-electron chi connectivity index (χ0n) is 9.24. The lowest BCUT2D eigenvalue weighted by atomic mass is 10.3. The molecule has 1 aromatic heterocycles. The van der Waals surface area contributed by atoms with E-state index in [4.69, 9.17) is 5.73 Å². The first kappa shape index (κ1) is 10.4. The van der Waals surface area contributed by atoms with E-state index in [0.29, 0.717) is 0 Å². The molecule has 2 rings (SSSR count). The molecule has 5 heteroatoms. The number of anilines is 1. The Morgan fingerprint density at radius 3 is 2.87 bits per heavy atom. The van der Waals surface area contributed by atoms with Gasteiger partial charge < -0.3 is 15.6 Å². The van der Waals surface area contributed by atoms with Crippen LogP contribution in [0.3, 0.4) is 0 Å². The van der Waals surface area contributed by atoms with Gasteiger partial charge in [-0.2, -0.15) is 0 Å². The number of nitrogen functional groups attached to an aromatic ring is 1. The molecule has 5 nitrogen and oxygen atoms in total. The largest absolute Gasteiger partial charge is 0.384 e. The summed E-state index contributed by atoms with van der Waals surface area (Å²) in [6, 6.07) is 0. The van der Waals surface area contributed by atoms with E-state index in [1.165, 1.54) is 0 Å². The maximum Gasteiger partial charge on any atom is 0.124 e. The number of nitrogens with two attached hydrogens (primary N) is 1. The van der Waals surface area contributed by atoms with E-state index >= 15 is 0 Å². The molecule has 0 aliphatic carbocycles. The molecular weight excluding hydrogens is 190 g/mol. The molecule has 0 amide bonds. The summed E-state index contributed by atoms with van der Waals surface area (Å²) in [5.74, 6) is 1.85. The number of nitrogens with zero attached hydrogens (tertiary/aromatic N) is 3. The van der Waals surface area contributed by atoms with Gasteiger partial charge in [0.1, 0.15) is 11.6 Å². The van der Waals surface area contributed by atoms with Crippen molar-refractivity contribution in [1.82, 2.24) is 19.8 Å². The van der Waals surface area contributed by atoms with Gasteiger partial charge in [0.15, 0.2) is 0 Å². The maximum absolute atomic E-state index is 5.83. The van der Waals surface area contributed by atoms with Crippen LogP contribution >= 0.6 is 0 Å². The van der Waals surface area contributed by atoms with Crippen LogP contribution in [0.15, 0.2) is 6.20 Å². The van der Waals surface area contributed by atoms with Crippen molar-refractivity contribution < 1.29 is 0 Å². The van der Waals surface area contributed by atoms with E-state index in [1.54, 1.807) is 6.20 Å². The van der Waals surface area contributed by atoms with Crippen LogP contribution in [0.25, 0.3) is 0 Å². The van der Waals surface area contributed by atoms with Crippen molar-refractivity contribution in [2.75, 3.05) is 31.9 Å². The van der Waals surface area contributed by atoms with Crippen molar-refractivity contribution in [2.45, 2.75) is 20.0 Å². The zero-order valence-corrected chi connectivity index (χ0v) is 9.24. The highest BCUT2D eigenvalue weighted by atomic mass is 15.2. The average molecular weight is 209 g/mol. The minimum Gasteiger partial charge on any atom is -0.384 e. The van der Waals surface area contributed by atoms with Crippen LogP contribution in [0.2, 0.25) is 0 Å². The van der Waals surface area contributed by atoms with E-state index in [-0.39, 0.29) is 0 Å². The molecule has 0 bridgehead atoms. The van der Waals surface area contributed by atoms with Gasteiger partial charge in [-0.25, -0.2) is 4.98 Å². The van der Waals surface area contributed by atoms with Crippen molar-refractivity contribution in [2.24, 2.45) is 0 Å². The Bertz CT molecular complexity index is 314. The third kappa shape index (κ3) is 2.30. The summed E-state index contributed by atoms with van der Waals surface area (Å²) in [7, 11) is 0. The van der Waals surface area contributed by atoms with E-state index in [9.17, 15) is 0 Å². The fourth-order valence-corrected chi connectivity index (χ4v) is 1.99. The minimum absolute atomic E-state index is 0.766. The normalized spacial score (nSPS) is 18.2. The van der Waals surface area contributed by atoms with Crippen molar-refractivity contribution in [1.29, 1.82) is 0 Å². The first-order valence-electron chi connectivity index (χ1n) is 5.54. The van der Waals surface area contributed by atoms with Crippen molar-refractivity contribution in [3.63, 3.8) is 0 Å². The number of hydrogen-bond donors (Lipinski definition) is 2. The second-order valence-electron chi connectivity index (χ2n) is 3.87. The molecule has 0 aromatic carbocycles. The molecule has 1 aromatic rings. The Morgan fingerprint density at radius 1 is 1.47 bits per heavy atom. The van der Waals surface area contributed by atoms with Gasteiger partial charge in [-0.1, -0.05) is 0 Å². The molecule has 0 unspecified atom stereocenters. The van der Waals surface area contributed by atoms with Gasteiger partial charge in [0.25, 0.3) is 0 Å². The van der Waals surface area contributed by atoms with Crippen molar-refractivity contribution in [3.05, 3.63) is 12.0 Å².